The Morgan fingerprint density at radius 1 is 0.900 bits per heavy atom. The van der Waals surface area contributed by atoms with Gasteiger partial charge in [-0.2, -0.15) is 0 Å². The zero-order valence-electron chi connectivity index (χ0n) is 16.4. The summed E-state index contributed by atoms with van der Waals surface area (Å²) < 4.78 is 10.7. The van der Waals surface area contributed by atoms with E-state index in [0.717, 1.165) is 0 Å². The van der Waals surface area contributed by atoms with Gasteiger partial charge in [0.05, 0.1) is 13.0 Å². The smallest absolute Gasteiger partial charge is 0.327 e. The Kier molecular flexibility index (Phi) is 5.19. The van der Waals surface area contributed by atoms with Crippen molar-refractivity contribution in [3.8, 4) is 5.75 Å². The molecule has 0 aromatic heterocycles. The van der Waals surface area contributed by atoms with Crippen molar-refractivity contribution in [3.63, 3.8) is 0 Å². The van der Waals surface area contributed by atoms with Crippen LogP contribution in [0.4, 0.5) is 0 Å². The second kappa shape index (κ2) is 7.95. The molecule has 0 spiro atoms. The first-order chi connectivity index (χ1) is 14.6. The van der Waals surface area contributed by atoms with Gasteiger partial charge in [-0.15, -0.1) is 0 Å². The number of hydrogen-bond acceptors (Lipinski definition) is 5. The second-order valence-corrected chi connectivity index (χ2v) is 7.13. The molecule has 0 fully saturated rings. The van der Waals surface area contributed by atoms with Crippen LogP contribution in [0.2, 0.25) is 0 Å². The largest absolute Gasteiger partial charge is 0.469 e. The monoisotopic (exact) mass is 400 g/mol. The maximum atomic E-state index is 13.4. The van der Waals surface area contributed by atoms with Gasteiger partial charge in [-0.1, -0.05) is 78.9 Å². The normalized spacial score (nSPS) is 18.2. The lowest BCUT2D eigenvalue weighted by Gasteiger charge is -2.33. The van der Waals surface area contributed by atoms with Gasteiger partial charge in [-0.05, 0) is 11.6 Å². The van der Waals surface area contributed by atoms with Crippen LogP contribution in [0.3, 0.4) is 0 Å². The Hall–Kier alpha value is -3.73. The van der Waals surface area contributed by atoms with Crippen LogP contribution in [0.15, 0.2) is 84.9 Å². The molecule has 0 N–H and O–H groups in total. The van der Waals surface area contributed by atoms with Crippen LogP contribution in [-0.4, -0.2) is 24.8 Å². The Morgan fingerprint density at radius 2 is 1.50 bits per heavy atom. The molecule has 0 radical (unpaired) electrons. The Bertz CT molecular complexity index is 1090. The first-order valence-electron chi connectivity index (χ1n) is 9.62. The third-order valence-corrected chi connectivity index (χ3v) is 5.56. The fourth-order valence-electron chi connectivity index (χ4n) is 4.16. The molecule has 2 atom stereocenters. The number of benzene rings is 3. The number of carbonyl (C=O) groups is 3. The maximum Gasteiger partial charge on any atom is 0.327 e. The molecule has 4 rings (SSSR count). The molecule has 5 heteroatoms. The Labute approximate surface area is 174 Å². The lowest BCUT2D eigenvalue weighted by atomic mass is 9.64. The molecule has 0 saturated carbocycles. The molecule has 0 amide bonds. The van der Waals surface area contributed by atoms with Crippen molar-refractivity contribution in [1.29, 1.82) is 0 Å². The van der Waals surface area contributed by atoms with Gasteiger partial charge in [0, 0.05) is 17.5 Å². The first kappa shape index (κ1) is 19.6. The minimum Gasteiger partial charge on any atom is -0.469 e. The Morgan fingerprint density at radius 3 is 2.17 bits per heavy atom. The van der Waals surface area contributed by atoms with Crippen LogP contribution >= 0.6 is 0 Å². The third kappa shape index (κ3) is 3.08. The van der Waals surface area contributed by atoms with Crippen LogP contribution in [0.1, 0.15) is 27.9 Å². The lowest BCUT2D eigenvalue weighted by Crippen LogP contribution is -2.47. The van der Waals surface area contributed by atoms with Crippen LogP contribution in [-0.2, 0) is 19.7 Å². The van der Waals surface area contributed by atoms with E-state index in [2.05, 4.69) is 0 Å². The number of ether oxygens (including phenoxy) is 2. The molecule has 3 aromatic carbocycles. The summed E-state index contributed by atoms with van der Waals surface area (Å²) in [5.74, 6) is -2.19. The van der Waals surface area contributed by atoms with E-state index in [-0.39, 0.29) is 12.2 Å². The lowest BCUT2D eigenvalue weighted by molar-refractivity contribution is -0.153. The highest BCUT2D eigenvalue weighted by Crippen LogP contribution is 2.50. The molecule has 150 valence electrons. The van der Waals surface area contributed by atoms with Crippen molar-refractivity contribution in [3.05, 3.63) is 102 Å². The van der Waals surface area contributed by atoms with Crippen molar-refractivity contribution >= 4 is 17.7 Å². The Balaban J connectivity index is 1.91. The second-order valence-electron chi connectivity index (χ2n) is 7.13. The summed E-state index contributed by atoms with van der Waals surface area (Å²) >= 11 is 0. The molecule has 30 heavy (non-hydrogen) atoms. The van der Waals surface area contributed by atoms with E-state index in [4.69, 9.17) is 9.47 Å². The van der Waals surface area contributed by atoms with E-state index in [1.54, 1.807) is 72.8 Å². The van der Waals surface area contributed by atoms with Crippen molar-refractivity contribution in [2.24, 2.45) is 5.92 Å². The van der Waals surface area contributed by atoms with Gasteiger partial charge < -0.3 is 9.47 Å². The van der Waals surface area contributed by atoms with Gasteiger partial charge in [0.1, 0.15) is 11.2 Å². The van der Waals surface area contributed by atoms with Gasteiger partial charge in [-0.3, -0.25) is 14.4 Å². The quantitative estimate of drug-likeness (QED) is 0.356. The summed E-state index contributed by atoms with van der Waals surface area (Å²) in [6.07, 6.45) is -0.199. The molecule has 0 bridgehead atoms. The predicted molar refractivity (Wildman–Crippen MR) is 110 cm³/mol. The van der Waals surface area contributed by atoms with Crippen LogP contribution in [0, 0.1) is 5.92 Å². The van der Waals surface area contributed by atoms with E-state index >= 15 is 0 Å². The van der Waals surface area contributed by atoms with E-state index in [1.165, 1.54) is 7.11 Å². The van der Waals surface area contributed by atoms with Crippen LogP contribution in [0.5, 0.6) is 5.75 Å². The van der Waals surface area contributed by atoms with Crippen molar-refractivity contribution in [2.75, 3.05) is 7.11 Å². The SMILES string of the molecule is COC(=O)C(CC(=O)c1ccccc1)C1(c2ccccc2)C(=O)Oc2ccccc21. The number of carbonyl (C=O) groups excluding carboxylic acids is 3. The van der Waals surface area contributed by atoms with Crippen molar-refractivity contribution < 1.29 is 23.9 Å². The van der Waals surface area contributed by atoms with Gasteiger partial charge in [0.25, 0.3) is 0 Å². The fraction of sp³-hybridized carbons (Fsp3) is 0.160. The molecule has 1 aliphatic heterocycles. The number of hydrogen-bond donors (Lipinski definition) is 0. The van der Waals surface area contributed by atoms with E-state index in [9.17, 15) is 14.4 Å². The average molecular weight is 400 g/mol. The molecule has 2 unspecified atom stereocenters. The molecular formula is C25H20O5. The van der Waals surface area contributed by atoms with Gasteiger partial charge in [0.15, 0.2) is 5.78 Å². The average Bonchev–Trinajstić information content (AvgIpc) is 3.10. The van der Waals surface area contributed by atoms with Gasteiger partial charge in [-0.25, -0.2) is 0 Å². The standard InChI is InChI=1S/C25H20O5/c1-29-23(27)20(16-21(26)17-10-4-2-5-11-17)25(18-12-6-3-7-13-18)19-14-8-9-15-22(19)30-24(25)28/h2-15,20H,16H2,1H3. The van der Waals surface area contributed by atoms with Crippen LogP contribution in [0.25, 0.3) is 0 Å². The van der Waals surface area contributed by atoms with Gasteiger partial charge >= 0.3 is 11.9 Å². The molecule has 1 heterocycles. The number of esters is 2. The van der Waals surface area contributed by atoms with E-state index < -0.39 is 23.3 Å². The topological polar surface area (TPSA) is 69.7 Å². The van der Waals surface area contributed by atoms with Gasteiger partial charge in [0.2, 0.25) is 0 Å². The maximum absolute atomic E-state index is 13.4. The van der Waals surface area contributed by atoms with Crippen molar-refractivity contribution in [2.45, 2.75) is 11.8 Å². The summed E-state index contributed by atoms with van der Waals surface area (Å²) in [6, 6.07) is 24.6. The third-order valence-electron chi connectivity index (χ3n) is 5.56. The minimum atomic E-state index is -1.48. The highest BCUT2D eigenvalue weighted by molar-refractivity contribution is 6.03. The number of Topliss-reactive ketones (excluding diaryl/α,β-unsaturated/α-hetero) is 1. The minimum absolute atomic E-state index is 0.199. The van der Waals surface area contributed by atoms with E-state index in [0.29, 0.717) is 22.4 Å². The molecular weight excluding hydrogens is 380 g/mol. The zero-order chi connectivity index (χ0) is 21.1. The van der Waals surface area contributed by atoms with Crippen molar-refractivity contribution in [1.82, 2.24) is 0 Å². The number of methoxy groups -OCH3 is 1. The first-order valence-corrected chi connectivity index (χ1v) is 9.62. The summed E-state index contributed by atoms with van der Waals surface area (Å²) in [7, 11) is 1.26. The summed E-state index contributed by atoms with van der Waals surface area (Å²) in [6.45, 7) is 0. The number of para-hydroxylation sites is 1. The molecule has 1 aliphatic rings. The number of rotatable bonds is 6. The van der Waals surface area contributed by atoms with Crippen LogP contribution < -0.4 is 4.74 Å². The fourth-order valence-corrected chi connectivity index (χ4v) is 4.16. The predicted octanol–water partition coefficient (Wildman–Crippen LogP) is 3.95. The summed E-state index contributed by atoms with van der Waals surface area (Å²) in [5, 5.41) is 0. The highest BCUT2D eigenvalue weighted by atomic mass is 16.5. The number of ketones is 1. The number of fused-ring (bicyclic) bond motifs is 1. The highest BCUT2D eigenvalue weighted by Gasteiger charge is 2.59. The molecule has 0 saturated heterocycles. The molecule has 0 aliphatic carbocycles. The molecule has 3 aromatic rings. The van der Waals surface area contributed by atoms with E-state index in [1.807, 2.05) is 12.1 Å². The summed E-state index contributed by atoms with van der Waals surface area (Å²) in [4.78, 5) is 39.5. The zero-order valence-corrected chi connectivity index (χ0v) is 16.4. The molecule has 5 nitrogen and oxygen atoms in total. The summed E-state index contributed by atoms with van der Waals surface area (Å²) in [5.41, 5.74) is 0.123.